The molecule has 0 saturated carbocycles. The van der Waals surface area contributed by atoms with Crippen molar-refractivity contribution in [2.24, 2.45) is 4.99 Å². The first kappa shape index (κ1) is 18.0. The van der Waals surface area contributed by atoms with E-state index in [9.17, 15) is 0 Å². The van der Waals surface area contributed by atoms with Crippen LogP contribution in [0, 0.1) is 0 Å². The zero-order valence-electron chi connectivity index (χ0n) is 12.7. The summed E-state index contributed by atoms with van der Waals surface area (Å²) in [7, 11) is 0. The third kappa shape index (κ3) is 3.31. The van der Waals surface area contributed by atoms with Crippen molar-refractivity contribution in [2.45, 2.75) is 19.4 Å². The lowest BCUT2D eigenvalue weighted by Gasteiger charge is -2.33. The summed E-state index contributed by atoms with van der Waals surface area (Å²) in [5.74, 6) is 0. The molecular weight excluding hydrogens is 357 g/mol. The lowest BCUT2D eigenvalue weighted by molar-refractivity contribution is -0.555. The molecule has 1 unspecified atom stereocenters. The van der Waals surface area contributed by atoms with Crippen LogP contribution in [0.25, 0.3) is 0 Å². The molecule has 0 aliphatic carbocycles. The van der Waals surface area contributed by atoms with Gasteiger partial charge in [-0.1, -0.05) is 41.4 Å². The van der Waals surface area contributed by atoms with E-state index in [2.05, 4.69) is 9.98 Å². The number of hydrogen-bond acceptors (Lipinski definition) is 3. The third-order valence-corrected chi connectivity index (χ3v) is 4.14. The first-order valence-electron chi connectivity index (χ1n) is 7.07. The largest absolute Gasteiger partial charge is 1.00 e. The van der Waals surface area contributed by atoms with Crippen molar-refractivity contribution in [1.29, 1.82) is 0 Å². The molecule has 2 heterocycles. The summed E-state index contributed by atoms with van der Waals surface area (Å²) in [6, 6.07) is 11.7. The maximum Gasteiger partial charge on any atom is 0.397 e. The highest BCUT2D eigenvalue weighted by atomic mass is 35.5. The molecule has 0 amide bonds. The first-order valence-corrected chi connectivity index (χ1v) is 7.83. The van der Waals surface area contributed by atoms with Crippen molar-refractivity contribution in [3.05, 3.63) is 57.8 Å². The van der Waals surface area contributed by atoms with Gasteiger partial charge in [-0.3, -0.25) is 5.32 Å². The first-order chi connectivity index (χ1) is 10.5. The van der Waals surface area contributed by atoms with Crippen LogP contribution in [0.3, 0.4) is 0 Å². The topological polar surface area (TPSA) is 51.1 Å². The van der Waals surface area contributed by atoms with E-state index in [0.717, 1.165) is 17.8 Å². The quantitative estimate of drug-likeness (QED) is 0.769. The zero-order valence-corrected chi connectivity index (χ0v) is 15.0. The number of halogens is 3. The van der Waals surface area contributed by atoms with Gasteiger partial charge in [0.1, 0.15) is 10.8 Å². The molecule has 4 nitrogen and oxygen atoms in total. The number of hydrogen-bond donors (Lipinski definition) is 1. The molecule has 0 saturated heterocycles. The minimum Gasteiger partial charge on any atom is -1.00 e. The molecule has 0 bridgehead atoms. The number of aromatic nitrogens is 1. The smallest absolute Gasteiger partial charge is 0.397 e. The second-order valence-corrected chi connectivity index (χ2v) is 5.97. The molecular formula is C16H16Cl3N3O. The van der Waals surface area contributed by atoms with Crippen LogP contribution in [0.2, 0.25) is 10.2 Å². The molecule has 3 rings (SSSR count). The number of nitrogens with zero attached hydrogens (tertiary/aromatic N) is 2. The second kappa shape index (κ2) is 7.05. The van der Waals surface area contributed by atoms with Crippen LogP contribution in [-0.4, -0.2) is 17.6 Å². The fourth-order valence-corrected chi connectivity index (χ4v) is 3.02. The van der Waals surface area contributed by atoms with Crippen LogP contribution in [-0.2, 0) is 10.3 Å². The lowest BCUT2D eigenvalue weighted by atomic mass is 9.90. The van der Waals surface area contributed by atoms with Crippen LogP contribution >= 0.6 is 23.2 Å². The van der Waals surface area contributed by atoms with Crippen molar-refractivity contribution in [3.63, 3.8) is 0 Å². The summed E-state index contributed by atoms with van der Waals surface area (Å²) in [6.07, 6.45) is 0. The number of aliphatic imine (C=N–C) groups is 1. The summed E-state index contributed by atoms with van der Waals surface area (Å²) >= 11 is 12.5. The number of rotatable bonds is 2. The highest BCUT2D eigenvalue weighted by molar-refractivity contribution is 6.31. The van der Waals surface area contributed by atoms with Crippen molar-refractivity contribution in [1.82, 2.24) is 4.98 Å². The van der Waals surface area contributed by atoms with Gasteiger partial charge in [-0.05, 0) is 32.0 Å². The molecule has 1 aliphatic heterocycles. The Kier molecular flexibility index (Phi) is 5.53. The van der Waals surface area contributed by atoms with Gasteiger partial charge >= 0.3 is 6.02 Å². The second-order valence-electron chi connectivity index (χ2n) is 5.18. The number of quaternary nitrogens is 1. The van der Waals surface area contributed by atoms with E-state index >= 15 is 0 Å². The Balaban J connectivity index is 0.00000192. The number of pyridine rings is 1. The summed E-state index contributed by atoms with van der Waals surface area (Å²) in [5.41, 5.74) is 1.42. The normalized spacial score (nSPS) is 19.2. The Morgan fingerprint density at radius 2 is 1.91 bits per heavy atom. The van der Waals surface area contributed by atoms with Gasteiger partial charge < -0.3 is 17.1 Å². The summed E-state index contributed by atoms with van der Waals surface area (Å²) < 4.78 is 6.15. The van der Waals surface area contributed by atoms with E-state index in [0.29, 0.717) is 21.9 Å². The maximum absolute atomic E-state index is 6.39. The van der Waals surface area contributed by atoms with Crippen LogP contribution in [0.1, 0.15) is 25.1 Å². The van der Waals surface area contributed by atoms with Crippen molar-refractivity contribution >= 4 is 34.9 Å². The summed E-state index contributed by atoms with van der Waals surface area (Å²) in [5, 5.41) is 2.96. The Morgan fingerprint density at radius 3 is 2.61 bits per heavy atom. The molecule has 7 heteroatoms. The molecule has 0 fully saturated rings. The fourth-order valence-electron chi connectivity index (χ4n) is 2.56. The highest BCUT2D eigenvalue weighted by Gasteiger charge is 2.42. The van der Waals surface area contributed by atoms with E-state index in [1.807, 2.05) is 49.5 Å². The SMILES string of the molecule is CC[NH2+]C1=Nc2ccc(Cl)nc2C(C)(c2ccccc2Cl)O1.[Cl-]. The molecule has 2 aromatic rings. The number of amidine groups is 1. The fraction of sp³-hybridized carbons (Fsp3) is 0.250. The number of benzene rings is 1. The third-order valence-electron chi connectivity index (χ3n) is 3.60. The predicted octanol–water partition coefficient (Wildman–Crippen LogP) is 0.257. The Hall–Kier alpha value is -1.33. The molecule has 1 aromatic carbocycles. The van der Waals surface area contributed by atoms with Crippen LogP contribution in [0.5, 0.6) is 0 Å². The van der Waals surface area contributed by atoms with Crippen molar-refractivity contribution < 1.29 is 22.5 Å². The van der Waals surface area contributed by atoms with Gasteiger partial charge in [0, 0.05) is 10.6 Å². The average molecular weight is 373 g/mol. The Morgan fingerprint density at radius 1 is 1.17 bits per heavy atom. The molecule has 1 aromatic heterocycles. The Bertz CT molecular complexity index is 751. The standard InChI is InChI=1S/C16H15Cl2N3O.ClH/c1-3-19-15-20-12-8-9-13(18)21-14(12)16(2,22-15)10-6-4-5-7-11(10)17;/h4-9H,3H2,1-2H3,(H,19,20);1H. The zero-order chi connectivity index (χ0) is 15.7. The Labute approximate surface area is 151 Å². The van der Waals surface area contributed by atoms with E-state index in [-0.39, 0.29) is 12.4 Å². The predicted molar refractivity (Wildman–Crippen MR) is 87.8 cm³/mol. The summed E-state index contributed by atoms with van der Waals surface area (Å²) in [6.45, 7) is 4.80. The molecule has 1 aliphatic rings. The van der Waals surface area contributed by atoms with E-state index < -0.39 is 5.60 Å². The molecule has 2 N–H and O–H groups in total. The minimum absolute atomic E-state index is 0. The summed E-state index contributed by atoms with van der Waals surface area (Å²) in [4.78, 5) is 8.94. The molecule has 1 atom stereocenters. The van der Waals surface area contributed by atoms with Gasteiger partial charge in [0.15, 0.2) is 5.60 Å². The van der Waals surface area contributed by atoms with Gasteiger partial charge in [-0.15, -0.1) is 0 Å². The van der Waals surface area contributed by atoms with Crippen LogP contribution < -0.4 is 17.7 Å². The van der Waals surface area contributed by atoms with Crippen molar-refractivity contribution in [2.75, 3.05) is 6.54 Å². The van der Waals surface area contributed by atoms with Gasteiger partial charge in [0.05, 0.1) is 12.2 Å². The van der Waals surface area contributed by atoms with E-state index in [4.69, 9.17) is 27.9 Å². The molecule has 23 heavy (non-hydrogen) atoms. The van der Waals surface area contributed by atoms with Crippen LogP contribution in [0.4, 0.5) is 5.69 Å². The minimum atomic E-state index is -0.832. The number of nitrogens with two attached hydrogens (primary N) is 1. The van der Waals surface area contributed by atoms with Gasteiger partial charge in [-0.25, -0.2) is 4.98 Å². The average Bonchev–Trinajstić information content (AvgIpc) is 2.49. The number of fused-ring (bicyclic) bond motifs is 1. The number of ether oxygens (including phenoxy) is 1. The van der Waals surface area contributed by atoms with Crippen LogP contribution in [0.15, 0.2) is 41.4 Å². The van der Waals surface area contributed by atoms with Gasteiger partial charge in [0.2, 0.25) is 0 Å². The lowest BCUT2D eigenvalue weighted by Crippen LogP contribution is -3.00. The maximum atomic E-state index is 6.39. The van der Waals surface area contributed by atoms with E-state index in [1.54, 1.807) is 6.07 Å². The van der Waals surface area contributed by atoms with Crippen molar-refractivity contribution in [3.8, 4) is 0 Å². The van der Waals surface area contributed by atoms with E-state index in [1.165, 1.54) is 0 Å². The monoisotopic (exact) mass is 371 g/mol. The van der Waals surface area contributed by atoms with Gasteiger partial charge in [-0.2, -0.15) is 4.99 Å². The molecule has 0 radical (unpaired) electrons. The highest BCUT2D eigenvalue weighted by Crippen LogP contribution is 2.43. The van der Waals surface area contributed by atoms with Gasteiger partial charge in [0.25, 0.3) is 0 Å². The molecule has 0 spiro atoms. The molecule has 122 valence electrons.